The lowest BCUT2D eigenvalue weighted by molar-refractivity contribution is 0.0817. The van der Waals surface area contributed by atoms with Gasteiger partial charge in [-0.25, -0.2) is 4.79 Å². The molecule has 0 bridgehead atoms. The lowest BCUT2D eigenvalue weighted by Gasteiger charge is -1.99. The van der Waals surface area contributed by atoms with Crippen LogP contribution in [0.3, 0.4) is 0 Å². The van der Waals surface area contributed by atoms with Gasteiger partial charge in [0.2, 0.25) is 11.6 Å². The van der Waals surface area contributed by atoms with Gasteiger partial charge in [-0.1, -0.05) is 60.7 Å². The van der Waals surface area contributed by atoms with E-state index >= 15 is 0 Å². The van der Waals surface area contributed by atoms with E-state index in [-0.39, 0.29) is 0 Å². The summed E-state index contributed by atoms with van der Waals surface area (Å²) in [7, 11) is 2.51. The van der Waals surface area contributed by atoms with Crippen LogP contribution in [0.1, 0.15) is 20.7 Å². The van der Waals surface area contributed by atoms with Crippen molar-refractivity contribution in [2.24, 2.45) is 0 Å². The van der Waals surface area contributed by atoms with Gasteiger partial charge in [0.25, 0.3) is 0 Å². The first-order valence-corrected chi connectivity index (χ1v) is 6.41. The van der Waals surface area contributed by atoms with Crippen molar-refractivity contribution in [2.45, 2.75) is 0 Å². The molecule has 114 valence electrons. The SMILES string of the molecule is COC(=O)OC.O=C(C(=O)c1ccccc1)c1ccccc1. The molecule has 0 aliphatic heterocycles. The average molecular weight is 300 g/mol. The third kappa shape index (κ3) is 5.20. The standard InChI is InChI=1S/C14H10O2.C3H6O3/c15-13(11-7-3-1-4-8-11)14(16)12-9-5-2-6-10-12;1-5-3(4)6-2/h1-10H;1-2H3. The molecular weight excluding hydrogens is 284 g/mol. The van der Waals surface area contributed by atoms with E-state index in [4.69, 9.17) is 0 Å². The number of hydrogen-bond acceptors (Lipinski definition) is 5. The zero-order valence-corrected chi connectivity index (χ0v) is 12.3. The number of hydrogen-bond donors (Lipinski definition) is 0. The smallest absolute Gasteiger partial charge is 0.438 e. The van der Waals surface area contributed by atoms with Crippen molar-refractivity contribution in [1.29, 1.82) is 0 Å². The highest BCUT2D eigenvalue weighted by Crippen LogP contribution is 2.07. The second-order valence-corrected chi connectivity index (χ2v) is 4.05. The van der Waals surface area contributed by atoms with E-state index in [1.807, 2.05) is 12.1 Å². The zero-order valence-electron chi connectivity index (χ0n) is 12.3. The first-order valence-electron chi connectivity index (χ1n) is 6.41. The molecule has 0 saturated heterocycles. The highest BCUT2D eigenvalue weighted by molar-refractivity contribution is 6.49. The predicted molar refractivity (Wildman–Crippen MR) is 81.0 cm³/mol. The Hall–Kier alpha value is -2.95. The van der Waals surface area contributed by atoms with Crippen LogP contribution in [0.2, 0.25) is 0 Å². The van der Waals surface area contributed by atoms with E-state index in [9.17, 15) is 14.4 Å². The number of carbonyl (C=O) groups excluding carboxylic acids is 3. The highest BCUT2D eigenvalue weighted by atomic mass is 16.7. The molecule has 0 spiro atoms. The third-order valence-electron chi connectivity index (χ3n) is 2.61. The fourth-order valence-electron chi connectivity index (χ4n) is 1.52. The number of carbonyl (C=O) groups is 3. The summed E-state index contributed by atoms with van der Waals surface area (Å²) >= 11 is 0. The molecule has 2 aromatic rings. The lowest BCUT2D eigenvalue weighted by atomic mass is 10.0. The van der Waals surface area contributed by atoms with Crippen LogP contribution in [0.15, 0.2) is 60.7 Å². The summed E-state index contributed by atoms with van der Waals surface area (Å²) in [5, 5.41) is 0. The molecule has 0 unspecified atom stereocenters. The molecule has 0 fully saturated rings. The van der Waals surface area contributed by atoms with Crippen LogP contribution < -0.4 is 0 Å². The second kappa shape index (κ2) is 9.07. The summed E-state index contributed by atoms with van der Waals surface area (Å²) in [5.41, 5.74) is 0.854. The quantitative estimate of drug-likeness (QED) is 0.495. The Labute approximate surface area is 128 Å². The Kier molecular flexibility index (Phi) is 7.05. The van der Waals surface area contributed by atoms with Gasteiger partial charge in [0.05, 0.1) is 14.2 Å². The maximum atomic E-state index is 11.8. The second-order valence-electron chi connectivity index (χ2n) is 4.05. The Bertz CT molecular complexity index is 565. The minimum atomic E-state index is -0.657. The number of ether oxygens (including phenoxy) is 2. The molecule has 22 heavy (non-hydrogen) atoms. The third-order valence-corrected chi connectivity index (χ3v) is 2.61. The van der Waals surface area contributed by atoms with E-state index in [1.54, 1.807) is 48.5 Å². The molecule has 5 heteroatoms. The molecule has 2 aromatic carbocycles. The molecule has 0 N–H and O–H groups in total. The molecule has 0 aliphatic rings. The van der Waals surface area contributed by atoms with Crippen LogP contribution in [-0.4, -0.2) is 31.9 Å². The van der Waals surface area contributed by atoms with Gasteiger partial charge in [0.1, 0.15) is 0 Å². The minimum Gasteiger partial charge on any atom is -0.438 e. The maximum absolute atomic E-state index is 11.8. The summed E-state index contributed by atoms with van der Waals surface area (Å²) in [6.45, 7) is 0. The summed E-state index contributed by atoms with van der Waals surface area (Å²) in [6, 6.07) is 17.2. The fourth-order valence-corrected chi connectivity index (χ4v) is 1.52. The molecular formula is C17H16O5. The summed E-state index contributed by atoms with van der Waals surface area (Å²) < 4.78 is 8.08. The number of methoxy groups -OCH3 is 2. The first kappa shape index (κ1) is 17.1. The van der Waals surface area contributed by atoms with Gasteiger partial charge < -0.3 is 9.47 Å². The van der Waals surface area contributed by atoms with Gasteiger partial charge in [-0.05, 0) is 0 Å². The molecule has 0 aliphatic carbocycles. The van der Waals surface area contributed by atoms with Gasteiger partial charge in [0.15, 0.2) is 0 Å². The van der Waals surface area contributed by atoms with Crippen molar-refractivity contribution >= 4 is 17.7 Å². The summed E-state index contributed by atoms with van der Waals surface area (Å²) in [4.78, 5) is 33.3. The molecule has 0 amide bonds. The van der Waals surface area contributed by atoms with Gasteiger partial charge in [0, 0.05) is 11.1 Å². The lowest BCUT2D eigenvalue weighted by Crippen LogP contribution is -2.14. The van der Waals surface area contributed by atoms with E-state index in [1.165, 1.54) is 14.2 Å². The number of rotatable bonds is 3. The molecule has 2 rings (SSSR count). The Morgan fingerprint density at radius 3 is 1.18 bits per heavy atom. The van der Waals surface area contributed by atoms with Crippen LogP contribution >= 0.6 is 0 Å². The van der Waals surface area contributed by atoms with Gasteiger partial charge in [-0.15, -0.1) is 0 Å². The zero-order chi connectivity index (χ0) is 16.4. The minimum absolute atomic E-state index is 0.427. The van der Waals surface area contributed by atoms with Gasteiger partial charge in [-0.2, -0.15) is 0 Å². The molecule has 0 aromatic heterocycles. The van der Waals surface area contributed by atoms with Gasteiger partial charge in [-0.3, -0.25) is 9.59 Å². The van der Waals surface area contributed by atoms with E-state index in [2.05, 4.69) is 9.47 Å². The van der Waals surface area contributed by atoms with Crippen molar-refractivity contribution in [3.05, 3.63) is 71.8 Å². The number of ketones is 2. The van der Waals surface area contributed by atoms with Crippen LogP contribution in [0.25, 0.3) is 0 Å². The first-order chi connectivity index (χ1) is 10.6. The highest BCUT2D eigenvalue weighted by Gasteiger charge is 2.16. The summed E-state index contributed by atoms with van der Waals surface area (Å²) in [6.07, 6.45) is -0.657. The van der Waals surface area contributed by atoms with E-state index in [0.717, 1.165) is 0 Å². The maximum Gasteiger partial charge on any atom is 0.507 e. The van der Waals surface area contributed by atoms with Crippen LogP contribution in [0.4, 0.5) is 4.79 Å². The van der Waals surface area contributed by atoms with Crippen LogP contribution in [-0.2, 0) is 9.47 Å². The van der Waals surface area contributed by atoms with Crippen molar-refractivity contribution in [1.82, 2.24) is 0 Å². The normalized spacial score (nSPS) is 9.00. The predicted octanol–water partition coefficient (Wildman–Crippen LogP) is 3.15. The largest absolute Gasteiger partial charge is 0.507 e. The van der Waals surface area contributed by atoms with Crippen LogP contribution in [0.5, 0.6) is 0 Å². The Balaban J connectivity index is 0.000000346. The Morgan fingerprint density at radius 1 is 0.636 bits per heavy atom. The van der Waals surface area contributed by atoms with Crippen molar-refractivity contribution in [3.63, 3.8) is 0 Å². The van der Waals surface area contributed by atoms with Crippen molar-refractivity contribution in [2.75, 3.05) is 14.2 Å². The molecule has 0 heterocycles. The number of Topliss-reactive ketones (excluding diaryl/α,β-unsaturated/α-hetero) is 2. The Morgan fingerprint density at radius 2 is 0.955 bits per heavy atom. The van der Waals surface area contributed by atoms with Crippen molar-refractivity contribution < 1.29 is 23.9 Å². The van der Waals surface area contributed by atoms with Gasteiger partial charge >= 0.3 is 6.16 Å². The summed E-state index contributed by atoms with van der Waals surface area (Å²) in [5.74, 6) is -0.932. The fraction of sp³-hybridized carbons (Fsp3) is 0.118. The monoisotopic (exact) mass is 300 g/mol. The van der Waals surface area contributed by atoms with E-state index in [0.29, 0.717) is 11.1 Å². The van der Waals surface area contributed by atoms with Crippen LogP contribution in [0, 0.1) is 0 Å². The molecule has 0 atom stereocenters. The average Bonchev–Trinajstić information content (AvgIpc) is 2.61. The molecule has 0 saturated carbocycles. The van der Waals surface area contributed by atoms with Crippen molar-refractivity contribution in [3.8, 4) is 0 Å². The molecule has 0 radical (unpaired) electrons. The number of benzene rings is 2. The topological polar surface area (TPSA) is 69.7 Å². The van der Waals surface area contributed by atoms with E-state index < -0.39 is 17.7 Å². The molecule has 5 nitrogen and oxygen atoms in total.